The van der Waals surface area contributed by atoms with E-state index in [1.54, 1.807) is 24.9 Å². The van der Waals surface area contributed by atoms with Crippen LogP contribution in [0, 0.1) is 17.0 Å². The Morgan fingerprint density at radius 1 is 1.19 bits per heavy atom. The highest BCUT2D eigenvalue weighted by Crippen LogP contribution is 2.32. The smallest absolute Gasteiger partial charge is 0.311 e. The third kappa shape index (κ3) is 5.76. The molecule has 8 nitrogen and oxygen atoms in total. The minimum atomic E-state index is -1.00. The summed E-state index contributed by atoms with van der Waals surface area (Å²) >= 11 is 5.79. The fourth-order valence-corrected chi connectivity index (χ4v) is 4.44. The second-order valence-electron chi connectivity index (χ2n) is 9.58. The van der Waals surface area contributed by atoms with Gasteiger partial charge in [0.15, 0.2) is 0 Å². The Labute approximate surface area is 217 Å². The molecule has 198 valence electrons. The van der Waals surface area contributed by atoms with Crippen molar-refractivity contribution >= 4 is 34.5 Å². The number of pyridine rings is 1. The van der Waals surface area contributed by atoms with Crippen LogP contribution in [0.5, 0.6) is 0 Å². The van der Waals surface area contributed by atoms with E-state index in [9.17, 15) is 18.4 Å². The van der Waals surface area contributed by atoms with Gasteiger partial charge in [-0.3, -0.25) is 9.59 Å². The van der Waals surface area contributed by atoms with Crippen molar-refractivity contribution in [2.45, 2.75) is 33.4 Å². The van der Waals surface area contributed by atoms with Gasteiger partial charge >= 0.3 is 5.97 Å². The van der Waals surface area contributed by atoms with E-state index in [0.29, 0.717) is 18.6 Å². The third-order valence-electron chi connectivity index (χ3n) is 6.45. The van der Waals surface area contributed by atoms with Gasteiger partial charge in [-0.15, -0.1) is 0 Å². The Bertz CT molecular complexity index is 1330. The lowest BCUT2D eigenvalue weighted by atomic mass is 9.95. The molecule has 4 rings (SSSR count). The van der Waals surface area contributed by atoms with Gasteiger partial charge in [-0.2, -0.15) is 0 Å². The first-order valence-electron chi connectivity index (χ1n) is 11.8. The molecule has 1 aromatic carbocycles. The zero-order chi connectivity index (χ0) is 26.7. The van der Waals surface area contributed by atoms with E-state index in [0.717, 1.165) is 22.7 Å². The van der Waals surface area contributed by atoms with Gasteiger partial charge in [0.25, 0.3) is 0 Å². The molecule has 3 heterocycles. The van der Waals surface area contributed by atoms with Crippen molar-refractivity contribution in [3.63, 3.8) is 0 Å². The Morgan fingerprint density at radius 2 is 1.95 bits per heavy atom. The van der Waals surface area contributed by atoms with Crippen LogP contribution in [0.1, 0.15) is 30.7 Å². The SMILES string of the molecule is CC(C)(COCCOCC(=O)N1CCc2c(n(Cc3ccc(F)c(Cl)c3F)c3ncccc23)C1)C(=O)O. The molecule has 0 saturated carbocycles. The van der Waals surface area contributed by atoms with Gasteiger partial charge < -0.3 is 24.0 Å². The van der Waals surface area contributed by atoms with Crippen LogP contribution >= 0.6 is 11.6 Å². The topological polar surface area (TPSA) is 93.9 Å². The molecule has 0 aliphatic carbocycles. The van der Waals surface area contributed by atoms with Gasteiger partial charge in [0.1, 0.15) is 28.9 Å². The molecule has 1 aliphatic heterocycles. The fraction of sp³-hybridized carbons (Fsp3) is 0.423. The quantitative estimate of drug-likeness (QED) is 0.311. The number of nitrogens with zero attached hydrogens (tertiary/aromatic N) is 3. The van der Waals surface area contributed by atoms with Crippen molar-refractivity contribution in [2.75, 3.05) is 33.0 Å². The minimum absolute atomic E-state index is 0.0347. The molecular formula is C26H28ClF2N3O5. The maximum Gasteiger partial charge on any atom is 0.311 e. The largest absolute Gasteiger partial charge is 0.481 e. The number of aliphatic carboxylic acids is 1. The lowest BCUT2D eigenvalue weighted by Gasteiger charge is -2.28. The molecule has 0 unspecified atom stereocenters. The van der Waals surface area contributed by atoms with Gasteiger partial charge in [0.2, 0.25) is 5.91 Å². The van der Waals surface area contributed by atoms with Gasteiger partial charge in [-0.25, -0.2) is 13.8 Å². The molecule has 0 fully saturated rings. The number of aromatic nitrogens is 2. The maximum atomic E-state index is 14.7. The summed E-state index contributed by atoms with van der Waals surface area (Å²) in [5.74, 6) is -2.81. The molecule has 2 aromatic heterocycles. The van der Waals surface area contributed by atoms with Crippen LogP contribution in [-0.4, -0.2) is 64.4 Å². The molecule has 0 saturated heterocycles. The van der Waals surface area contributed by atoms with Gasteiger partial charge in [-0.05, 0) is 44.0 Å². The Hall–Kier alpha value is -3.08. The average molecular weight is 536 g/mol. The number of carbonyl (C=O) groups is 2. The van der Waals surface area contributed by atoms with Crippen LogP contribution in [-0.2, 0) is 38.6 Å². The number of amides is 1. The number of halogens is 3. The normalized spacial score (nSPS) is 13.7. The van der Waals surface area contributed by atoms with Crippen LogP contribution in [0.3, 0.4) is 0 Å². The van der Waals surface area contributed by atoms with Crippen molar-refractivity contribution < 1.29 is 33.0 Å². The van der Waals surface area contributed by atoms with Crippen molar-refractivity contribution in [3.8, 4) is 0 Å². The monoisotopic (exact) mass is 535 g/mol. The number of hydrogen-bond acceptors (Lipinski definition) is 5. The second kappa shape index (κ2) is 11.1. The molecule has 37 heavy (non-hydrogen) atoms. The van der Waals surface area contributed by atoms with Crippen molar-refractivity contribution in [1.29, 1.82) is 0 Å². The van der Waals surface area contributed by atoms with Crippen molar-refractivity contribution in [3.05, 3.63) is 63.9 Å². The van der Waals surface area contributed by atoms with E-state index in [2.05, 4.69) is 4.98 Å². The number of hydrogen-bond donors (Lipinski definition) is 1. The molecule has 0 atom stereocenters. The van der Waals surface area contributed by atoms with E-state index < -0.39 is 28.0 Å². The van der Waals surface area contributed by atoms with Crippen LogP contribution < -0.4 is 0 Å². The predicted molar refractivity (Wildman–Crippen MR) is 132 cm³/mol. The molecule has 1 N–H and O–H groups in total. The van der Waals surface area contributed by atoms with E-state index >= 15 is 0 Å². The van der Waals surface area contributed by atoms with Crippen LogP contribution in [0.2, 0.25) is 5.02 Å². The number of ether oxygens (including phenoxy) is 2. The summed E-state index contributed by atoms with van der Waals surface area (Å²) in [6.07, 6.45) is 2.24. The first-order valence-corrected chi connectivity index (χ1v) is 12.2. The number of carboxylic acids is 1. The first kappa shape index (κ1) is 27.0. The number of carboxylic acid groups (broad SMARTS) is 1. The van der Waals surface area contributed by atoms with E-state index in [4.69, 9.17) is 26.2 Å². The Balaban J connectivity index is 1.43. The zero-order valence-corrected chi connectivity index (χ0v) is 21.4. The molecule has 1 aliphatic rings. The van der Waals surface area contributed by atoms with Gasteiger partial charge in [0, 0.05) is 29.4 Å². The van der Waals surface area contributed by atoms with Crippen molar-refractivity contribution in [2.24, 2.45) is 5.41 Å². The number of fused-ring (bicyclic) bond motifs is 3. The lowest BCUT2D eigenvalue weighted by Crippen LogP contribution is -2.39. The van der Waals surface area contributed by atoms with E-state index in [1.807, 2.05) is 16.7 Å². The molecule has 0 spiro atoms. The summed E-state index contributed by atoms with van der Waals surface area (Å²) in [4.78, 5) is 30.1. The molecule has 11 heteroatoms. The second-order valence-corrected chi connectivity index (χ2v) is 9.96. The first-order chi connectivity index (χ1) is 17.6. The van der Waals surface area contributed by atoms with Crippen LogP contribution in [0.4, 0.5) is 8.78 Å². The van der Waals surface area contributed by atoms with Crippen LogP contribution in [0.25, 0.3) is 11.0 Å². The fourth-order valence-electron chi connectivity index (χ4n) is 4.26. The highest BCUT2D eigenvalue weighted by atomic mass is 35.5. The maximum absolute atomic E-state index is 14.7. The third-order valence-corrected chi connectivity index (χ3v) is 6.80. The zero-order valence-electron chi connectivity index (χ0n) is 20.6. The van der Waals surface area contributed by atoms with Crippen molar-refractivity contribution in [1.82, 2.24) is 14.5 Å². The number of rotatable bonds is 10. The summed E-state index contributed by atoms with van der Waals surface area (Å²) in [5, 5.41) is 9.48. The molecule has 0 radical (unpaired) electrons. The van der Waals surface area contributed by atoms with Gasteiger partial charge in [0.05, 0.1) is 38.3 Å². The molecule has 0 bridgehead atoms. The molecular weight excluding hydrogens is 508 g/mol. The highest BCUT2D eigenvalue weighted by molar-refractivity contribution is 6.30. The average Bonchev–Trinajstić information content (AvgIpc) is 3.19. The summed E-state index contributed by atoms with van der Waals surface area (Å²) < 4.78 is 41.0. The molecule has 1 amide bonds. The summed E-state index contributed by atoms with van der Waals surface area (Å²) in [6.45, 7) is 4.19. The van der Waals surface area contributed by atoms with E-state index in [-0.39, 0.29) is 51.0 Å². The van der Waals surface area contributed by atoms with E-state index in [1.165, 1.54) is 6.07 Å². The van der Waals surface area contributed by atoms with Gasteiger partial charge in [-0.1, -0.05) is 17.7 Å². The standard InChI is InChI=1S/C26H28ClF2N3O5/c1-26(2,25(34)35)15-37-11-10-36-14-21(33)31-9-7-17-18-4-3-8-30-24(18)32(20(17)13-31)12-16-5-6-19(28)22(27)23(16)29/h3-6,8H,7,9-15H2,1-2H3,(H,34,35). The Kier molecular flexibility index (Phi) is 8.11. The molecule has 3 aromatic rings. The number of carbonyl (C=O) groups excluding carboxylic acids is 1. The summed E-state index contributed by atoms with van der Waals surface area (Å²) in [5.41, 5.74) is 1.73. The number of benzene rings is 1. The van der Waals surface area contributed by atoms with Crippen LogP contribution in [0.15, 0.2) is 30.5 Å². The highest BCUT2D eigenvalue weighted by Gasteiger charge is 2.29. The predicted octanol–water partition coefficient (Wildman–Crippen LogP) is 4.04. The Morgan fingerprint density at radius 3 is 2.70 bits per heavy atom. The summed E-state index contributed by atoms with van der Waals surface area (Å²) in [7, 11) is 0. The summed E-state index contributed by atoms with van der Waals surface area (Å²) in [6, 6.07) is 6.26. The lowest BCUT2D eigenvalue weighted by molar-refractivity contribution is -0.150. The minimum Gasteiger partial charge on any atom is -0.481 e.